The van der Waals surface area contributed by atoms with Crippen molar-refractivity contribution in [1.29, 1.82) is 0 Å². The highest BCUT2D eigenvalue weighted by molar-refractivity contribution is 7.22. The second kappa shape index (κ2) is 11.3. The van der Waals surface area contributed by atoms with Crippen LogP contribution >= 0.6 is 11.3 Å². The molecule has 252 valence electrons. The normalized spacial score (nSPS) is 12.1. The lowest BCUT2D eigenvalue weighted by molar-refractivity contribution is 0.669. The summed E-state index contributed by atoms with van der Waals surface area (Å²) in [6.45, 7) is 0. The van der Waals surface area contributed by atoms with Crippen LogP contribution in [-0.2, 0) is 0 Å². The molecular formula is C49H29N3OS. The molecule has 0 aliphatic rings. The van der Waals surface area contributed by atoms with Crippen LogP contribution < -0.4 is 0 Å². The maximum Gasteiger partial charge on any atom is 0.135 e. The van der Waals surface area contributed by atoms with Crippen LogP contribution in [0.5, 0.6) is 0 Å². The number of benzene rings is 8. The molecule has 0 aliphatic heterocycles. The molecule has 4 heterocycles. The molecule has 12 aromatic rings. The maximum atomic E-state index is 6.24. The number of fused-ring (bicyclic) bond motifs is 11. The Bertz CT molecular complexity index is 3440. The van der Waals surface area contributed by atoms with Crippen LogP contribution in [-0.4, -0.2) is 14.1 Å². The van der Waals surface area contributed by atoms with Crippen molar-refractivity contribution < 1.29 is 4.42 Å². The number of hydrogen-bond donors (Lipinski definition) is 0. The highest BCUT2D eigenvalue weighted by Gasteiger charge is 2.21. The zero-order chi connectivity index (χ0) is 35.3. The summed E-state index contributed by atoms with van der Waals surface area (Å²) in [7, 11) is 0. The van der Waals surface area contributed by atoms with Crippen molar-refractivity contribution in [2.75, 3.05) is 0 Å². The number of furan rings is 1. The summed E-state index contributed by atoms with van der Waals surface area (Å²) in [5, 5.41) is 8.17. The fraction of sp³-hybridized carbons (Fsp3) is 0. The van der Waals surface area contributed by atoms with Gasteiger partial charge in [0.15, 0.2) is 0 Å². The van der Waals surface area contributed by atoms with Gasteiger partial charge in [-0.1, -0.05) is 109 Å². The molecule has 0 N–H and O–H groups in total. The third-order valence-corrected chi connectivity index (χ3v) is 12.1. The van der Waals surface area contributed by atoms with E-state index in [1.54, 1.807) is 11.3 Å². The lowest BCUT2D eigenvalue weighted by Gasteiger charge is -2.13. The summed E-state index contributed by atoms with van der Waals surface area (Å²) < 4.78 is 12.3. The van der Waals surface area contributed by atoms with Crippen molar-refractivity contribution in [2.24, 2.45) is 0 Å². The van der Waals surface area contributed by atoms with Gasteiger partial charge in [0.1, 0.15) is 16.2 Å². The van der Waals surface area contributed by atoms with Crippen LogP contribution in [0.15, 0.2) is 180 Å². The Balaban J connectivity index is 1.14. The van der Waals surface area contributed by atoms with Gasteiger partial charge in [0.05, 0.1) is 32.3 Å². The topological polar surface area (TPSA) is 35.9 Å². The molecule has 0 aliphatic carbocycles. The SMILES string of the molecule is c1ccc(-c2nc3ccc4c5cc(-c6cccc7c8ccccc8n(-c8ccc9oc%10ccccc%10c9c8)c67)ccc5n(-c5ccccc5)c4c3s2)cc1. The summed E-state index contributed by atoms with van der Waals surface area (Å²) in [5.41, 5.74) is 13.3. The Labute approximate surface area is 313 Å². The largest absolute Gasteiger partial charge is 0.456 e. The molecular weight excluding hydrogens is 679 g/mol. The smallest absolute Gasteiger partial charge is 0.135 e. The molecule has 0 saturated heterocycles. The minimum atomic E-state index is 0.895. The molecule has 5 heteroatoms. The fourth-order valence-corrected chi connectivity index (χ4v) is 9.68. The van der Waals surface area contributed by atoms with Gasteiger partial charge in [0.25, 0.3) is 0 Å². The lowest BCUT2D eigenvalue weighted by Crippen LogP contribution is -1.96. The summed E-state index contributed by atoms with van der Waals surface area (Å²) in [6, 6.07) is 63.0. The van der Waals surface area contributed by atoms with Gasteiger partial charge in [0.2, 0.25) is 0 Å². The molecule has 0 unspecified atom stereocenters. The van der Waals surface area contributed by atoms with Gasteiger partial charge < -0.3 is 13.6 Å². The zero-order valence-corrected chi connectivity index (χ0v) is 29.7. The van der Waals surface area contributed by atoms with Crippen molar-refractivity contribution in [2.45, 2.75) is 0 Å². The minimum absolute atomic E-state index is 0.895. The predicted molar refractivity (Wildman–Crippen MR) is 226 cm³/mol. The van der Waals surface area contributed by atoms with Gasteiger partial charge in [-0.2, -0.15) is 0 Å². The van der Waals surface area contributed by atoms with E-state index in [-0.39, 0.29) is 0 Å². The molecule has 0 radical (unpaired) electrons. The Morgan fingerprint density at radius 1 is 0.426 bits per heavy atom. The van der Waals surface area contributed by atoms with Crippen LogP contribution in [0.25, 0.3) is 109 Å². The predicted octanol–water partition coefficient (Wildman–Crippen LogP) is 13.7. The van der Waals surface area contributed by atoms with Crippen molar-refractivity contribution in [3.63, 3.8) is 0 Å². The molecule has 0 bridgehead atoms. The molecule has 12 rings (SSSR count). The Kier molecular flexibility index (Phi) is 6.18. The van der Waals surface area contributed by atoms with Crippen LogP contribution in [0.1, 0.15) is 0 Å². The van der Waals surface area contributed by atoms with Crippen LogP contribution in [0.3, 0.4) is 0 Å². The number of hydrogen-bond acceptors (Lipinski definition) is 3. The molecule has 0 spiro atoms. The van der Waals surface area contributed by atoms with Gasteiger partial charge in [-0.05, 0) is 72.3 Å². The Morgan fingerprint density at radius 3 is 2.02 bits per heavy atom. The molecule has 0 fully saturated rings. The molecule has 54 heavy (non-hydrogen) atoms. The Morgan fingerprint density at radius 2 is 1.13 bits per heavy atom. The highest BCUT2D eigenvalue weighted by atomic mass is 32.1. The van der Waals surface area contributed by atoms with Crippen LogP contribution in [0.2, 0.25) is 0 Å². The minimum Gasteiger partial charge on any atom is -0.456 e. The van der Waals surface area contributed by atoms with E-state index in [0.717, 1.165) is 49.4 Å². The van der Waals surface area contributed by atoms with E-state index in [4.69, 9.17) is 9.40 Å². The molecule has 8 aromatic carbocycles. The first-order chi connectivity index (χ1) is 26.8. The quantitative estimate of drug-likeness (QED) is 0.183. The number of rotatable bonds is 4. The summed E-state index contributed by atoms with van der Waals surface area (Å²) in [5.74, 6) is 0. The van der Waals surface area contributed by atoms with E-state index in [2.05, 4.69) is 173 Å². The average molecular weight is 708 g/mol. The van der Waals surface area contributed by atoms with E-state index in [0.29, 0.717) is 0 Å². The third-order valence-electron chi connectivity index (χ3n) is 10.9. The second-order valence-electron chi connectivity index (χ2n) is 13.9. The van der Waals surface area contributed by atoms with Gasteiger partial charge in [-0.15, -0.1) is 11.3 Å². The monoisotopic (exact) mass is 707 g/mol. The van der Waals surface area contributed by atoms with Gasteiger partial charge in [-0.25, -0.2) is 4.98 Å². The third kappa shape index (κ3) is 4.21. The van der Waals surface area contributed by atoms with Crippen LogP contribution in [0.4, 0.5) is 0 Å². The summed E-state index contributed by atoms with van der Waals surface area (Å²) in [6.07, 6.45) is 0. The van der Waals surface area contributed by atoms with Gasteiger partial charge in [-0.3, -0.25) is 0 Å². The first kappa shape index (κ1) is 29.6. The lowest BCUT2D eigenvalue weighted by atomic mass is 9.99. The van der Waals surface area contributed by atoms with Crippen molar-refractivity contribution in [1.82, 2.24) is 14.1 Å². The first-order valence-electron chi connectivity index (χ1n) is 18.2. The second-order valence-corrected chi connectivity index (χ2v) is 14.9. The average Bonchev–Trinajstić information content (AvgIpc) is 4.00. The molecule has 4 aromatic heterocycles. The van der Waals surface area contributed by atoms with E-state index >= 15 is 0 Å². The van der Waals surface area contributed by atoms with Gasteiger partial charge in [0, 0.05) is 54.8 Å². The first-order valence-corrected chi connectivity index (χ1v) is 19.0. The van der Waals surface area contributed by atoms with Crippen molar-refractivity contribution in [3.05, 3.63) is 176 Å². The number of nitrogens with zero attached hydrogens (tertiary/aromatic N) is 3. The standard InChI is InChI=1S/C49H29N3OS/c1-3-12-30(13-4-1)49-50-41-25-24-38-39-28-31(22-26-43(39)51(47(38)48(41)54-49)32-14-5-2-6-15-32)34-18-11-19-37-35-16-7-9-20-42(35)52(46(34)37)33-23-27-45-40(29-33)36-17-8-10-21-44(36)53-45/h1-29H. The van der Waals surface area contributed by atoms with Crippen LogP contribution in [0, 0.1) is 0 Å². The zero-order valence-electron chi connectivity index (χ0n) is 28.9. The number of thiazole rings is 1. The molecule has 0 atom stereocenters. The van der Waals surface area contributed by atoms with E-state index in [1.165, 1.54) is 59.4 Å². The fourth-order valence-electron chi connectivity index (χ4n) is 8.57. The highest BCUT2D eigenvalue weighted by Crippen LogP contribution is 2.44. The maximum absolute atomic E-state index is 6.24. The summed E-state index contributed by atoms with van der Waals surface area (Å²) >= 11 is 1.77. The van der Waals surface area contributed by atoms with E-state index in [9.17, 15) is 0 Å². The summed E-state index contributed by atoms with van der Waals surface area (Å²) in [4.78, 5) is 5.13. The molecule has 0 amide bonds. The van der Waals surface area contributed by atoms with Crippen molar-refractivity contribution in [3.8, 4) is 33.1 Å². The molecule has 0 saturated carbocycles. The Hall–Kier alpha value is -6.95. The van der Waals surface area contributed by atoms with E-state index in [1.807, 2.05) is 12.1 Å². The molecule has 4 nitrogen and oxygen atoms in total. The number of aromatic nitrogens is 3. The van der Waals surface area contributed by atoms with Crippen molar-refractivity contribution >= 4 is 87.1 Å². The number of para-hydroxylation sites is 4. The van der Waals surface area contributed by atoms with E-state index < -0.39 is 0 Å². The van der Waals surface area contributed by atoms with Gasteiger partial charge >= 0.3 is 0 Å².